The number of benzene rings is 1. The number of hydrogen-bond acceptors (Lipinski definition) is 7. The maximum Gasteiger partial charge on any atom is 0.586 e. The Morgan fingerprint density at radius 3 is 2.71 bits per heavy atom. The van der Waals surface area contributed by atoms with E-state index >= 15 is 0 Å². The molecule has 0 bridgehead atoms. The molecule has 2 aliphatic rings. The normalized spacial score (nSPS) is 18.9. The molecule has 140 valence electrons. The van der Waals surface area contributed by atoms with Crippen molar-refractivity contribution in [1.82, 2.24) is 10.3 Å². The second-order valence-corrected chi connectivity index (χ2v) is 6.95. The van der Waals surface area contributed by atoms with Gasteiger partial charge in [0, 0.05) is 29.4 Å². The van der Waals surface area contributed by atoms with Crippen LogP contribution in [0.25, 0.3) is 28.2 Å². The number of thioether (sulfide) groups is 1. The molecule has 2 amide bonds. The summed E-state index contributed by atoms with van der Waals surface area (Å²) in [6, 6.07) is 6.03. The number of halogens is 2. The highest BCUT2D eigenvalue weighted by Crippen LogP contribution is 2.44. The third-order valence-corrected chi connectivity index (χ3v) is 4.88. The fourth-order valence-corrected chi connectivity index (χ4v) is 3.59. The summed E-state index contributed by atoms with van der Waals surface area (Å²) >= 11 is 0.777. The number of nitrogens with zero attached hydrogens (tertiary/aromatic N) is 1. The van der Waals surface area contributed by atoms with Crippen LogP contribution in [0.1, 0.15) is 5.76 Å². The summed E-state index contributed by atoms with van der Waals surface area (Å²) in [4.78, 5) is 27.3. The quantitative estimate of drug-likeness (QED) is 0.644. The number of hydrogen-bond donors (Lipinski definition) is 1. The number of alkyl halides is 2. The zero-order valence-corrected chi connectivity index (χ0v) is 14.5. The van der Waals surface area contributed by atoms with E-state index in [-0.39, 0.29) is 16.4 Å². The summed E-state index contributed by atoms with van der Waals surface area (Å²) in [6.45, 7) is 0. The largest absolute Gasteiger partial charge is 0.586 e. The molecule has 2 aliphatic heterocycles. The zero-order chi connectivity index (χ0) is 19.5. The van der Waals surface area contributed by atoms with Crippen molar-refractivity contribution in [1.29, 1.82) is 0 Å². The van der Waals surface area contributed by atoms with Gasteiger partial charge in [-0.25, -0.2) is 0 Å². The molecule has 0 atom stereocenters. The molecule has 1 aromatic carbocycles. The molecular weight excluding hydrogens is 394 g/mol. The highest BCUT2D eigenvalue weighted by atomic mass is 32.2. The Labute approximate surface area is 159 Å². The maximum atomic E-state index is 13.2. The maximum absolute atomic E-state index is 13.2. The van der Waals surface area contributed by atoms with Crippen molar-refractivity contribution in [3.05, 3.63) is 47.3 Å². The Kier molecular flexibility index (Phi) is 3.47. The lowest BCUT2D eigenvalue weighted by atomic mass is 10.1. The van der Waals surface area contributed by atoms with Gasteiger partial charge in [0.25, 0.3) is 11.1 Å². The fourth-order valence-electron chi connectivity index (χ4n) is 2.93. The molecule has 28 heavy (non-hydrogen) atoms. The molecule has 3 aromatic rings. The van der Waals surface area contributed by atoms with Crippen LogP contribution in [0, 0.1) is 0 Å². The average molecular weight is 402 g/mol. The van der Waals surface area contributed by atoms with E-state index < -0.39 is 17.4 Å². The molecule has 4 heterocycles. The Bertz CT molecular complexity index is 1200. The van der Waals surface area contributed by atoms with Crippen LogP contribution in [-0.2, 0) is 4.79 Å². The van der Waals surface area contributed by atoms with Gasteiger partial charge in [-0.15, -0.1) is 8.78 Å². The van der Waals surface area contributed by atoms with Crippen molar-refractivity contribution >= 4 is 40.0 Å². The van der Waals surface area contributed by atoms with E-state index in [1.165, 1.54) is 24.4 Å². The molecule has 0 unspecified atom stereocenters. The van der Waals surface area contributed by atoms with E-state index in [0.717, 1.165) is 11.8 Å². The highest BCUT2D eigenvalue weighted by molar-refractivity contribution is 8.18. The lowest BCUT2D eigenvalue weighted by molar-refractivity contribution is -0.286. The third kappa shape index (κ3) is 2.78. The average Bonchev–Trinajstić information content (AvgIpc) is 3.27. The molecule has 0 radical (unpaired) electrons. The number of carbonyl (C=O) groups excluding carboxylic acids is 2. The number of imide groups is 1. The summed E-state index contributed by atoms with van der Waals surface area (Å²) in [5, 5.41) is 2.35. The number of ether oxygens (including phenoxy) is 2. The van der Waals surface area contributed by atoms with Crippen LogP contribution in [0.3, 0.4) is 0 Å². The molecule has 5 rings (SSSR count). The zero-order valence-electron chi connectivity index (χ0n) is 13.7. The van der Waals surface area contributed by atoms with Crippen LogP contribution in [0.4, 0.5) is 13.6 Å². The van der Waals surface area contributed by atoms with E-state index in [0.29, 0.717) is 27.9 Å². The predicted octanol–water partition coefficient (Wildman–Crippen LogP) is 4.14. The topological polar surface area (TPSA) is 90.7 Å². The summed E-state index contributed by atoms with van der Waals surface area (Å²) in [5.74, 6) is -0.298. The number of carbonyl (C=O) groups is 2. The smallest absolute Gasteiger partial charge is 0.456 e. The number of aromatic nitrogens is 1. The Hall–Kier alpha value is -3.40. The molecule has 7 nitrogen and oxygen atoms in total. The van der Waals surface area contributed by atoms with Crippen molar-refractivity contribution in [3.8, 4) is 22.6 Å². The second-order valence-electron chi connectivity index (χ2n) is 5.94. The second kappa shape index (κ2) is 5.80. The van der Waals surface area contributed by atoms with Crippen LogP contribution in [0.5, 0.6) is 11.5 Å². The summed E-state index contributed by atoms with van der Waals surface area (Å²) in [7, 11) is 0. The number of amides is 2. The Balaban J connectivity index is 1.57. The Morgan fingerprint density at radius 1 is 1.11 bits per heavy atom. The van der Waals surface area contributed by atoms with Gasteiger partial charge >= 0.3 is 6.29 Å². The Morgan fingerprint density at radius 2 is 1.93 bits per heavy atom. The number of nitrogens with one attached hydrogen (secondary N) is 1. The predicted molar refractivity (Wildman–Crippen MR) is 94.8 cm³/mol. The van der Waals surface area contributed by atoms with Gasteiger partial charge in [0.05, 0.1) is 4.91 Å². The van der Waals surface area contributed by atoms with Gasteiger partial charge in [-0.3, -0.25) is 19.9 Å². The monoisotopic (exact) mass is 402 g/mol. The van der Waals surface area contributed by atoms with Crippen LogP contribution >= 0.6 is 11.8 Å². The first-order valence-electron chi connectivity index (χ1n) is 7.91. The molecule has 0 saturated carbocycles. The van der Waals surface area contributed by atoms with E-state index in [2.05, 4.69) is 19.8 Å². The molecule has 1 fully saturated rings. The summed E-state index contributed by atoms with van der Waals surface area (Å²) in [5.41, 5.74) is 1.53. The third-order valence-electron chi connectivity index (χ3n) is 4.07. The van der Waals surface area contributed by atoms with Crippen molar-refractivity contribution in [2.45, 2.75) is 6.29 Å². The minimum absolute atomic E-state index is 0.0623. The molecule has 0 aliphatic carbocycles. The molecule has 10 heteroatoms. The van der Waals surface area contributed by atoms with Gasteiger partial charge in [0.15, 0.2) is 11.5 Å². The van der Waals surface area contributed by atoms with Gasteiger partial charge < -0.3 is 13.9 Å². The molecule has 2 aromatic heterocycles. The van der Waals surface area contributed by atoms with Gasteiger partial charge in [-0.2, -0.15) is 0 Å². The van der Waals surface area contributed by atoms with Gasteiger partial charge in [-0.1, -0.05) is 6.07 Å². The van der Waals surface area contributed by atoms with E-state index in [1.807, 2.05) is 0 Å². The van der Waals surface area contributed by atoms with Crippen molar-refractivity contribution in [2.24, 2.45) is 0 Å². The van der Waals surface area contributed by atoms with Crippen molar-refractivity contribution in [2.75, 3.05) is 0 Å². The fraction of sp³-hybridized carbons (Fsp3) is 0.0556. The highest BCUT2D eigenvalue weighted by Gasteiger charge is 2.43. The van der Waals surface area contributed by atoms with E-state index in [1.54, 1.807) is 18.3 Å². The lowest BCUT2D eigenvalue weighted by Gasteiger charge is -2.04. The first-order chi connectivity index (χ1) is 13.4. The van der Waals surface area contributed by atoms with Gasteiger partial charge in [0.1, 0.15) is 11.3 Å². The summed E-state index contributed by atoms with van der Waals surface area (Å²) < 4.78 is 41.2. The lowest BCUT2D eigenvalue weighted by Crippen LogP contribution is -2.25. The van der Waals surface area contributed by atoms with Crippen molar-refractivity contribution in [3.63, 3.8) is 0 Å². The SMILES string of the molecule is O=C1NC(=O)/C(=C\c2cc3cncc(-c4ccc5c(c4)OC(F)(F)O5)c3o2)S1. The van der Waals surface area contributed by atoms with Crippen LogP contribution in [0.2, 0.25) is 0 Å². The molecule has 1 saturated heterocycles. The van der Waals surface area contributed by atoms with E-state index in [9.17, 15) is 18.4 Å². The van der Waals surface area contributed by atoms with Crippen LogP contribution in [-0.4, -0.2) is 22.4 Å². The first kappa shape index (κ1) is 16.8. The van der Waals surface area contributed by atoms with Crippen molar-refractivity contribution < 1.29 is 32.3 Å². The summed E-state index contributed by atoms with van der Waals surface area (Å²) in [6.07, 6.45) is 0.846. The minimum Gasteiger partial charge on any atom is -0.456 e. The standard InChI is InChI=1S/C18H8F2N2O5S/c19-18(20)26-12-2-1-8(4-13(12)27-18)11-7-21-6-9-3-10(25-15(9)11)5-14-16(23)22-17(24)28-14/h1-7H,(H,22,23,24)/b14-5+. The molecular formula is C18H8F2N2O5S. The first-order valence-corrected chi connectivity index (χ1v) is 8.72. The molecule has 1 N–H and O–H groups in total. The van der Waals surface area contributed by atoms with Gasteiger partial charge in [0.2, 0.25) is 0 Å². The van der Waals surface area contributed by atoms with E-state index in [4.69, 9.17) is 4.42 Å². The molecule has 0 spiro atoms. The van der Waals surface area contributed by atoms with Crippen LogP contribution < -0.4 is 14.8 Å². The van der Waals surface area contributed by atoms with Crippen LogP contribution in [0.15, 0.2) is 46.0 Å². The number of pyridine rings is 1. The number of fused-ring (bicyclic) bond motifs is 2. The minimum atomic E-state index is -3.70. The number of rotatable bonds is 2. The number of furan rings is 1. The van der Waals surface area contributed by atoms with Gasteiger partial charge in [-0.05, 0) is 35.5 Å².